The van der Waals surface area contributed by atoms with Crippen LogP contribution in [0.25, 0.3) is 0 Å². The van der Waals surface area contributed by atoms with E-state index < -0.39 is 0 Å². The third-order valence-electron chi connectivity index (χ3n) is 4.65. The highest BCUT2D eigenvalue weighted by Gasteiger charge is 2.38. The molecule has 0 amide bonds. The smallest absolute Gasteiger partial charge is 0.182 e. The van der Waals surface area contributed by atoms with E-state index in [4.69, 9.17) is 0 Å². The second-order valence-corrected chi connectivity index (χ2v) is 6.62. The first-order valence-electron chi connectivity index (χ1n) is 7.16. The Kier molecular flexibility index (Phi) is 3.57. The highest BCUT2D eigenvalue weighted by atomic mass is 32.1. The first-order chi connectivity index (χ1) is 8.76. The number of aromatic nitrogens is 1. The molecule has 1 aromatic heterocycles. The molecular formula is C14H23N3S. The van der Waals surface area contributed by atoms with Crippen molar-refractivity contribution in [1.29, 1.82) is 0 Å². The van der Waals surface area contributed by atoms with Crippen LogP contribution in [0.1, 0.15) is 38.3 Å². The minimum Gasteiger partial charge on any atom is -0.361 e. The lowest BCUT2D eigenvalue weighted by atomic mass is 9.91. The lowest BCUT2D eigenvalue weighted by Gasteiger charge is -2.36. The summed E-state index contributed by atoms with van der Waals surface area (Å²) in [6.45, 7) is 3.27. The molecule has 2 aliphatic heterocycles. The number of aryl methyl sites for hydroxylation is 1. The second-order valence-electron chi connectivity index (χ2n) is 5.77. The van der Waals surface area contributed by atoms with Crippen LogP contribution in [0.15, 0.2) is 5.38 Å². The molecule has 18 heavy (non-hydrogen) atoms. The molecule has 4 heteroatoms. The number of hydrogen-bond acceptors (Lipinski definition) is 4. The fourth-order valence-corrected chi connectivity index (χ4v) is 4.28. The summed E-state index contributed by atoms with van der Waals surface area (Å²) in [6.07, 6.45) is 6.60. The Balaban J connectivity index is 1.52. The van der Waals surface area contributed by atoms with Gasteiger partial charge >= 0.3 is 0 Å². The van der Waals surface area contributed by atoms with Crippen molar-refractivity contribution in [3.63, 3.8) is 0 Å². The molecule has 3 rings (SSSR count). The van der Waals surface area contributed by atoms with Gasteiger partial charge in [0, 0.05) is 24.0 Å². The number of fused-ring (bicyclic) bond motifs is 2. The van der Waals surface area contributed by atoms with Crippen LogP contribution in [0.5, 0.6) is 0 Å². The van der Waals surface area contributed by atoms with E-state index in [0.29, 0.717) is 0 Å². The van der Waals surface area contributed by atoms with Gasteiger partial charge < -0.3 is 10.2 Å². The standard InChI is InChI=1S/C14H23N3S/c1-3-11-9-18-14(16-11)15-8-10-6-12-4-5-13(7-10)17(12)2/h9-10,12-13H,3-8H2,1-2H3,(H,15,16). The molecule has 0 saturated carbocycles. The summed E-state index contributed by atoms with van der Waals surface area (Å²) in [5.41, 5.74) is 1.21. The SMILES string of the molecule is CCc1csc(NCC2CC3CCC(C2)N3C)n1. The number of piperidine rings is 1. The van der Waals surface area contributed by atoms with E-state index in [-0.39, 0.29) is 0 Å². The van der Waals surface area contributed by atoms with Crippen LogP contribution in [0.2, 0.25) is 0 Å². The van der Waals surface area contributed by atoms with Gasteiger partial charge in [0.1, 0.15) is 0 Å². The maximum absolute atomic E-state index is 4.58. The zero-order chi connectivity index (χ0) is 12.5. The molecule has 3 nitrogen and oxygen atoms in total. The van der Waals surface area contributed by atoms with Crippen molar-refractivity contribution in [2.75, 3.05) is 18.9 Å². The summed E-state index contributed by atoms with van der Waals surface area (Å²) in [5, 5.41) is 6.82. The minimum atomic E-state index is 0.840. The van der Waals surface area contributed by atoms with Crippen molar-refractivity contribution < 1.29 is 0 Å². The summed E-state index contributed by atoms with van der Waals surface area (Å²) in [6, 6.07) is 1.69. The van der Waals surface area contributed by atoms with E-state index >= 15 is 0 Å². The molecule has 1 N–H and O–H groups in total. The Labute approximate surface area is 114 Å². The first-order valence-corrected chi connectivity index (χ1v) is 8.04. The van der Waals surface area contributed by atoms with Crippen LogP contribution in [-0.4, -0.2) is 35.6 Å². The van der Waals surface area contributed by atoms with Crippen molar-refractivity contribution in [2.45, 2.75) is 51.1 Å². The van der Waals surface area contributed by atoms with Gasteiger partial charge in [-0.25, -0.2) is 4.98 Å². The van der Waals surface area contributed by atoms with Crippen molar-refractivity contribution in [1.82, 2.24) is 9.88 Å². The molecule has 0 aliphatic carbocycles. The monoisotopic (exact) mass is 265 g/mol. The maximum atomic E-state index is 4.58. The predicted octanol–water partition coefficient (Wildman–Crippen LogP) is 2.99. The normalized spacial score (nSPS) is 31.8. The Bertz CT molecular complexity index is 389. The molecule has 2 bridgehead atoms. The highest BCUT2D eigenvalue weighted by Crippen LogP contribution is 2.37. The van der Waals surface area contributed by atoms with Gasteiger partial charge in [0.05, 0.1) is 5.69 Å². The van der Waals surface area contributed by atoms with Crippen LogP contribution in [0.3, 0.4) is 0 Å². The average Bonchev–Trinajstić information content (AvgIpc) is 2.90. The Morgan fingerprint density at radius 3 is 2.72 bits per heavy atom. The summed E-state index contributed by atoms with van der Waals surface area (Å²) >= 11 is 1.75. The first kappa shape index (κ1) is 12.4. The number of rotatable bonds is 4. The van der Waals surface area contributed by atoms with Crippen LogP contribution < -0.4 is 5.32 Å². The summed E-state index contributed by atoms with van der Waals surface area (Å²) < 4.78 is 0. The molecular weight excluding hydrogens is 242 g/mol. The molecule has 3 heterocycles. The summed E-state index contributed by atoms with van der Waals surface area (Å²) in [5.74, 6) is 0.840. The molecule has 2 saturated heterocycles. The Hall–Kier alpha value is -0.610. The van der Waals surface area contributed by atoms with E-state index in [1.54, 1.807) is 11.3 Å². The van der Waals surface area contributed by atoms with Crippen molar-refractivity contribution in [3.05, 3.63) is 11.1 Å². The minimum absolute atomic E-state index is 0.840. The number of anilines is 1. The number of hydrogen-bond donors (Lipinski definition) is 1. The molecule has 100 valence electrons. The van der Waals surface area contributed by atoms with Crippen LogP contribution in [0, 0.1) is 5.92 Å². The lowest BCUT2D eigenvalue weighted by Crippen LogP contribution is -2.41. The maximum Gasteiger partial charge on any atom is 0.182 e. The third kappa shape index (κ3) is 2.41. The molecule has 2 atom stereocenters. The van der Waals surface area contributed by atoms with Crippen LogP contribution in [0.4, 0.5) is 5.13 Å². The molecule has 2 unspecified atom stereocenters. The number of thiazole rings is 1. The van der Waals surface area contributed by atoms with E-state index in [1.807, 2.05) is 0 Å². The molecule has 2 fully saturated rings. The average molecular weight is 265 g/mol. The van der Waals surface area contributed by atoms with E-state index in [0.717, 1.165) is 36.1 Å². The molecule has 2 aliphatic rings. The quantitative estimate of drug-likeness (QED) is 0.907. The van der Waals surface area contributed by atoms with Gasteiger partial charge in [0.15, 0.2) is 5.13 Å². The van der Waals surface area contributed by atoms with Gasteiger partial charge in [0.2, 0.25) is 0 Å². The van der Waals surface area contributed by atoms with Gasteiger partial charge in [-0.05, 0) is 45.1 Å². The molecule has 0 spiro atoms. The molecule has 1 aromatic rings. The third-order valence-corrected chi connectivity index (χ3v) is 5.50. The van der Waals surface area contributed by atoms with Gasteiger partial charge in [0.25, 0.3) is 0 Å². The van der Waals surface area contributed by atoms with Gasteiger partial charge in [-0.15, -0.1) is 11.3 Å². The summed E-state index contributed by atoms with van der Waals surface area (Å²) in [4.78, 5) is 7.18. The molecule has 0 radical (unpaired) electrons. The van der Waals surface area contributed by atoms with Crippen molar-refractivity contribution >= 4 is 16.5 Å². The van der Waals surface area contributed by atoms with Crippen LogP contribution >= 0.6 is 11.3 Å². The Morgan fingerprint density at radius 2 is 2.11 bits per heavy atom. The zero-order valence-electron chi connectivity index (χ0n) is 11.4. The van der Waals surface area contributed by atoms with Crippen molar-refractivity contribution in [3.8, 4) is 0 Å². The number of nitrogens with one attached hydrogen (secondary N) is 1. The lowest BCUT2D eigenvalue weighted by molar-refractivity contribution is 0.139. The van der Waals surface area contributed by atoms with Gasteiger partial charge in [-0.3, -0.25) is 0 Å². The van der Waals surface area contributed by atoms with Crippen molar-refractivity contribution in [2.24, 2.45) is 5.92 Å². The van der Waals surface area contributed by atoms with E-state index in [1.165, 1.54) is 31.4 Å². The fraction of sp³-hybridized carbons (Fsp3) is 0.786. The topological polar surface area (TPSA) is 28.2 Å². The zero-order valence-corrected chi connectivity index (χ0v) is 12.2. The largest absolute Gasteiger partial charge is 0.361 e. The Morgan fingerprint density at radius 1 is 1.39 bits per heavy atom. The van der Waals surface area contributed by atoms with Gasteiger partial charge in [-0.1, -0.05) is 6.92 Å². The predicted molar refractivity (Wildman–Crippen MR) is 77.3 cm³/mol. The summed E-state index contributed by atoms with van der Waals surface area (Å²) in [7, 11) is 2.31. The van der Waals surface area contributed by atoms with Gasteiger partial charge in [-0.2, -0.15) is 0 Å². The number of nitrogens with zero attached hydrogens (tertiary/aromatic N) is 2. The fourth-order valence-electron chi connectivity index (χ4n) is 3.47. The molecule has 0 aromatic carbocycles. The van der Waals surface area contributed by atoms with E-state index in [9.17, 15) is 0 Å². The van der Waals surface area contributed by atoms with E-state index in [2.05, 4.69) is 34.6 Å². The highest BCUT2D eigenvalue weighted by molar-refractivity contribution is 7.13. The van der Waals surface area contributed by atoms with Crippen LogP contribution in [-0.2, 0) is 6.42 Å². The second kappa shape index (κ2) is 5.17.